The number of carbonyl (C=O) groups excluding carboxylic acids is 1. The minimum atomic E-state index is -1.23. The Morgan fingerprint density at radius 1 is 1.24 bits per heavy atom. The third-order valence-electron chi connectivity index (χ3n) is 3.94. The summed E-state index contributed by atoms with van der Waals surface area (Å²) in [6, 6.07) is 10.4. The first-order chi connectivity index (χ1) is 10.2. The molecular formula is C16H23NO3S. The van der Waals surface area contributed by atoms with Gasteiger partial charge in [0, 0.05) is 29.6 Å². The molecule has 1 aromatic rings. The highest BCUT2D eigenvalue weighted by Crippen LogP contribution is 2.21. The van der Waals surface area contributed by atoms with Gasteiger partial charge in [0.25, 0.3) is 0 Å². The van der Waals surface area contributed by atoms with E-state index in [2.05, 4.69) is 24.3 Å². The van der Waals surface area contributed by atoms with Gasteiger partial charge in [-0.3, -0.25) is 9.00 Å². The fourth-order valence-corrected chi connectivity index (χ4v) is 3.54. The van der Waals surface area contributed by atoms with Crippen LogP contribution in [0, 0.1) is 5.92 Å². The second-order valence-electron chi connectivity index (χ2n) is 5.53. The molecule has 0 saturated carbocycles. The predicted molar refractivity (Wildman–Crippen MR) is 84.4 cm³/mol. The maximum absolute atomic E-state index is 12.0. The van der Waals surface area contributed by atoms with Crippen LogP contribution in [0.3, 0.4) is 0 Å². The van der Waals surface area contributed by atoms with Gasteiger partial charge in [-0.15, -0.1) is 0 Å². The summed E-state index contributed by atoms with van der Waals surface area (Å²) in [5, 5.41) is 8.72. The van der Waals surface area contributed by atoms with Gasteiger partial charge in [0.2, 0.25) is 5.91 Å². The molecule has 0 spiro atoms. The number of piperidine rings is 1. The van der Waals surface area contributed by atoms with Crippen LogP contribution >= 0.6 is 0 Å². The fraction of sp³-hybridized carbons (Fsp3) is 0.562. The maximum atomic E-state index is 12.0. The highest BCUT2D eigenvalue weighted by atomic mass is 32.2. The molecule has 0 aromatic heterocycles. The first-order valence-corrected chi connectivity index (χ1v) is 8.95. The van der Waals surface area contributed by atoms with E-state index in [0.29, 0.717) is 5.92 Å². The second kappa shape index (κ2) is 8.29. The molecule has 21 heavy (non-hydrogen) atoms. The summed E-state index contributed by atoms with van der Waals surface area (Å²) in [5.74, 6) is 0.819. The number of carbonyl (C=O) groups is 1. The molecule has 1 fully saturated rings. The first kappa shape index (κ1) is 16.2. The molecule has 1 atom stereocenters. The van der Waals surface area contributed by atoms with Crippen LogP contribution in [-0.4, -0.2) is 51.3 Å². The molecule has 116 valence electrons. The minimum Gasteiger partial charge on any atom is -0.395 e. The Labute approximate surface area is 128 Å². The van der Waals surface area contributed by atoms with Gasteiger partial charge in [-0.05, 0) is 30.7 Å². The third-order valence-corrected chi connectivity index (χ3v) is 5.14. The highest BCUT2D eigenvalue weighted by molar-refractivity contribution is 7.85. The molecule has 2 rings (SSSR count). The van der Waals surface area contributed by atoms with E-state index in [-0.39, 0.29) is 24.0 Å². The van der Waals surface area contributed by atoms with Crippen molar-refractivity contribution in [3.8, 4) is 0 Å². The van der Waals surface area contributed by atoms with Crippen LogP contribution < -0.4 is 0 Å². The van der Waals surface area contributed by atoms with E-state index in [9.17, 15) is 9.00 Å². The van der Waals surface area contributed by atoms with Gasteiger partial charge in [-0.25, -0.2) is 0 Å². The number of hydrogen-bond acceptors (Lipinski definition) is 3. The van der Waals surface area contributed by atoms with E-state index in [0.717, 1.165) is 32.4 Å². The smallest absolute Gasteiger partial charge is 0.235 e. The Kier molecular flexibility index (Phi) is 6.39. The number of hydrogen-bond donors (Lipinski definition) is 1. The summed E-state index contributed by atoms with van der Waals surface area (Å²) >= 11 is 0. The number of rotatable bonds is 6. The summed E-state index contributed by atoms with van der Waals surface area (Å²) in [7, 11) is -1.23. The van der Waals surface area contributed by atoms with E-state index in [1.165, 1.54) is 5.56 Å². The lowest BCUT2D eigenvalue weighted by molar-refractivity contribution is -0.129. The average Bonchev–Trinajstić information content (AvgIpc) is 2.49. The third kappa shape index (κ3) is 5.25. The van der Waals surface area contributed by atoms with E-state index < -0.39 is 10.8 Å². The van der Waals surface area contributed by atoms with Crippen LogP contribution in [0.4, 0.5) is 0 Å². The zero-order chi connectivity index (χ0) is 15.1. The Hall–Kier alpha value is -1.20. The van der Waals surface area contributed by atoms with Crippen LogP contribution in [0.25, 0.3) is 0 Å². The van der Waals surface area contributed by atoms with Crippen LogP contribution in [0.15, 0.2) is 30.3 Å². The van der Waals surface area contributed by atoms with E-state index in [4.69, 9.17) is 5.11 Å². The van der Waals surface area contributed by atoms with Gasteiger partial charge in [0.15, 0.2) is 0 Å². The largest absolute Gasteiger partial charge is 0.395 e. The van der Waals surface area contributed by atoms with Crippen molar-refractivity contribution in [1.29, 1.82) is 0 Å². The van der Waals surface area contributed by atoms with E-state index in [1.807, 2.05) is 11.0 Å². The van der Waals surface area contributed by atoms with Crippen molar-refractivity contribution in [2.24, 2.45) is 5.92 Å². The molecule has 1 aliphatic rings. The Morgan fingerprint density at radius 2 is 1.90 bits per heavy atom. The molecule has 1 unspecified atom stereocenters. The van der Waals surface area contributed by atoms with Gasteiger partial charge in [0.1, 0.15) is 5.75 Å². The number of benzene rings is 1. The Balaban J connectivity index is 1.75. The normalized spacial score (nSPS) is 17.7. The van der Waals surface area contributed by atoms with Crippen molar-refractivity contribution >= 4 is 16.7 Å². The molecule has 0 radical (unpaired) electrons. The summed E-state index contributed by atoms with van der Waals surface area (Å²) in [5.41, 5.74) is 1.35. The van der Waals surface area contributed by atoms with Gasteiger partial charge in [-0.1, -0.05) is 30.3 Å². The van der Waals surface area contributed by atoms with Crippen molar-refractivity contribution in [3.05, 3.63) is 35.9 Å². The molecule has 0 aliphatic carbocycles. The van der Waals surface area contributed by atoms with E-state index in [1.54, 1.807) is 0 Å². The van der Waals surface area contributed by atoms with E-state index >= 15 is 0 Å². The summed E-state index contributed by atoms with van der Waals surface area (Å²) in [6.45, 7) is 1.39. The Bertz CT molecular complexity index is 470. The maximum Gasteiger partial charge on any atom is 0.235 e. The van der Waals surface area contributed by atoms with Gasteiger partial charge >= 0.3 is 0 Å². The van der Waals surface area contributed by atoms with Crippen LogP contribution in [0.1, 0.15) is 18.4 Å². The molecule has 1 heterocycles. The summed E-state index contributed by atoms with van der Waals surface area (Å²) < 4.78 is 11.5. The van der Waals surface area contributed by atoms with Crippen molar-refractivity contribution in [2.45, 2.75) is 19.3 Å². The predicted octanol–water partition coefficient (Wildman–Crippen LogP) is 1.21. The van der Waals surface area contributed by atoms with Crippen LogP contribution in [0.5, 0.6) is 0 Å². The second-order valence-corrected chi connectivity index (χ2v) is 7.10. The topological polar surface area (TPSA) is 57.6 Å². The van der Waals surface area contributed by atoms with Gasteiger partial charge in [0.05, 0.1) is 6.61 Å². The average molecular weight is 309 g/mol. The number of aliphatic hydroxyl groups excluding tert-OH is 1. The number of amides is 1. The van der Waals surface area contributed by atoms with Gasteiger partial charge in [-0.2, -0.15) is 0 Å². The monoisotopic (exact) mass is 309 g/mol. The molecule has 1 aliphatic heterocycles. The summed E-state index contributed by atoms with van der Waals surface area (Å²) in [6.07, 6.45) is 3.08. The van der Waals surface area contributed by atoms with Crippen molar-refractivity contribution in [1.82, 2.24) is 4.90 Å². The lowest BCUT2D eigenvalue weighted by Crippen LogP contribution is -2.41. The number of likely N-dealkylation sites (tertiary alicyclic amines) is 1. The highest BCUT2D eigenvalue weighted by Gasteiger charge is 2.23. The standard InChI is InChI=1S/C16H23NO3S/c18-10-11-21(20)13-16(19)17-8-6-15(7-9-17)12-14-4-2-1-3-5-14/h1-5,15,18H,6-13H2. The molecule has 0 bridgehead atoms. The zero-order valence-corrected chi connectivity index (χ0v) is 13.1. The SMILES string of the molecule is O=C(CS(=O)CCO)N1CCC(Cc2ccccc2)CC1. The molecule has 4 nitrogen and oxygen atoms in total. The first-order valence-electron chi connectivity index (χ1n) is 7.46. The zero-order valence-electron chi connectivity index (χ0n) is 12.2. The molecule has 1 N–H and O–H groups in total. The molecule has 1 aromatic carbocycles. The van der Waals surface area contributed by atoms with Crippen LogP contribution in [-0.2, 0) is 22.0 Å². The molecule has 1 amide bonds. The molecule has 1 saturated heterocycles. The number of aliphatic hydroxyl groups is 1. The van der Waals surface area contributed by atoms with Crippen molar-refractivity contribution in [3.63, 3.8) is 0 Å². The van der Waals surface area contributed by atoms with Crippen molar-refractivity contribution < 1.29 is 14.1 Å². The fourth-order valence-electron chi connectivity index (χ4n) is 2.74. The minimum absolute atomic E-state index is 0.0417. The lowest BCUT2D eigenvalue weighted by Gasteiger charge is -2.32. The molecule has 5 heteroatoms. The Morgan fingerprint density at radius 3 is 2.52 bits per heavy atom. The van der Waals surface area contributed by atoms with Gasteiger partial charge < -0.3 is 10.0 Å². The van der Waals surface area contributed by atoms with Crippen LogP contribution in [0.2, 0.25) is 0 Å². The molecular weight excluding hydrogens is 286 g/mol. The summed E-state index contributed by atoms with van der Waals surface area (Å²) in [4.78, 5) is 13.8. The lowest BCUT2D eigenvalue weighted by atomic mass is 9.90. The number of nitrogens with zero attached hydrogens (tertiary/aromatic N) is 1. The van der Waals surface area contributed by atoms with Crippen molar-refractivity contribution in [2.75, 3.05) is 31.2 Å². The quantitative estimate of drug-likeness (QED) is 0.859.